The van der Waals surface area contributed by atoms with Crippen LogP contribution in [-0.4, -0.2) is 12.6 Å². The predicted octanol–water partition coefficient (Wildman–Crippen LogP) is 3.87. The average Bonchev–Trinajstić information content (AvgIpc) is 2.48. The molecule has 0 amide bonds. The number of benzene rings is 2. The third kappa shape index (κ3) is 4.88. The normalized spacial score (nSPS) is 9.16. The van der Waals surface area contributed by atoms with Crippen LogP contribution in [-0.2, 0) is 6.42 Å². The zero-order valence-corrected chi connectivity index (χ0v) is 11.3. The van der Waals surface area contributed by atoms with Crippen molar-refractivity contribution in [1.82, 2.24) is 0 Å². The molecule has 2 aromatic rings. The SMILES string of the molecule is CCc1ccccc1C=O.Cc1ccc(C=O)cc1. The van der Waals surface area contributed by atoms with Gasteiger partial charge in [0.15, 0.2) is 0 Å². The minimum Gasteiger partial charge on any atom is -0.298 e. The lowest BCUT2D eigenvalue weighted by Gasteiger charge is -1.97. The molecule has 2 aromatic carbocycles. The van der Waals surface area contributed by atoms with Gasteiger partial charge in [-0.1, -0.05) is 61.0 Å². The number of hydrogen-bond acceptors (Lipinski definition) is 2. The van der Waals surface area contributed by atoms with Crippen molar-refractivity contribution in [3.63, 3.8) is 0 Å². The van der Waals surface area contributed by atoms with Gasteiger partial charge in [0, 0.05) is 11.1 Å². The molecule has 0 fully saturated rings. The Balaban J connectivity index is 0.000000191. The molecule has 0 bridgehead atoms. The van der Waals surface area contributed by atoms with Gasteiger partial charge in [-0.3, -0.25) is 9.59 Å². The lowest BCUT2D eigenvalue weighted by molar-refractivity contribution is 0.111. The number of aryl methyl sites for hydroxylation is 2. The maximum Gasteiger partial charge on any atom is 0.150 e. The van der Waals surface area contributed by atoms with Gasteiger partial charge in [0.05, 0.1) is 0 Å². The summed E-state index contributed by atoms with van der Waals surface area (Å²) < 4.78 is 0. The van der Waals surface area contributed by atoms with Crippen LogP contribution in [0.3, 0.4) is 0 Å². The quantitative estimate of drug-likeness (QED) is 0.779. The Morgan fingerprint density at radius 2 is 1.53 bits per heavy atom. The Morgan fingerprint density at radius 3 is 2.00 bits per heavy atom. The molecule has 0 radical (unpaired) electrons. The molecular weight excluding hydrogens is 236 g/mol. The first-order chi connectivity index (χ1) is 9.21. The molecule has 0 saturated carbocycles. The maximum absolute atomic E-state index is 10.4. The molecule has 0 aliphatic heterocycles. The largest absolute Gasteiger partial charge is 0.298 e. The molecule has 0 aliphatic carbocycles. The van der Waals surface area contributed by atoms with Crippen LogP contribution < -0.4 is 0 Å². The van der Waals surface area contributed by atoms with Crippen LogP contribution in [0.1, 0.15) is 38.8 Å². The Kier molecular flexibility index (Phi) is 6.23. The molecule has 0 saturated heterocycles. The molecule has 2 rings (SSSR count). The predicted molar refractivity (Wildman–Crippen MR) is 77.8 cm³/mol. The standard InChI is InChI=1S/C9H10O.C8H8O/c1-2-8-5-3-4-6-9(8)7-10;1-7-2-4-8(6-9)5-3-7/h3-7H,2H2,1H3;2-6H,1H3. The van der Waals surface area contributed by atoms with Crippen LogP contribution in [0.25, 0.3) is 0 Å². The molecule has 19 heavy (non-hydrogen) atoms. The molecule has 0 N–H and O–H groups in total. The molecule has 98 valence electrons. The van der Waals surface area contributed by atoms with Crippen LogP contribution in [0.2, 0.25) is 0 Å². The van der Waals surface area contributed by atoms with Crippen molar-refractivity contribution in [2.75, 3.05) is 0 Å². The molecule has 0 atom stereocenters. The summed E-state index contributed by atoms with van der Waals surface area (Å²) in [6.45, 7) is 4.04. The summed E-state index contributed by atoms with van der Waals surface area (Å²) in [6, 6.07) is 15.1. The van der Waals surface area contributed by atoms with Gasteiger partial charge in [0.2, 0.25) is 0 Å². The Bertz CT molecular complexity index is 527. The summed E-state index contributed by atoms with van der Waals surface area (Å²) in [5.41, 5.74) is 3.85. The first-order valence-corrected chi connectivity index (χ1v) is 6.26. The molecule has 2 nitrogen and oxygen atoms in total. The van der Waals surface area contributed by atoms with Crippen LogP contribution in [0.5, 0.6) is 0 Å². The van der Waals surface area contributed by atoms with Gasteiger partial charge in [-0.25, -0.2) is 0 Å². The van der Waals surface area contributed by atoms with E-state index in [-0.39, 0.29) is 0 Å². The van der Waals surface area contributed by atoms with E-state index in [9.17, 15) is 9.59 Å². The Hall–Kier alpha value is -2.22. The minimum atomic E-state index is 0.737. The van der Waals surface area contributed by atoms with E-state index in [1.54, 1.807) is 0 Å². The monoisotopic (exact) mass is 254 g/mol. The summed E-state index contributed by atoms with van der Waals surface area (Å²) in [6.07, 6.45) is 2.67. The smallest absolute Gasteiger partial charge is 0.150 e. The molecule has 0 heterocycles. The van der Waals surface area contributed by atoms with Crippen molar-refractivity contribution in [2.45, 2.75) is 20.3 Å². The van der Waals surface area contributed by atoms with Crippen LogP contribution >= 0.6 is 0 Å². The third-order valence-corrected chi connectivity index (χ3v) is 2.78. The topological polar surface area (TPSA) is 34.1 Å². The van der Waals surface area contributed by atoms with Crippen molar-refractivity contribution < 1.29 is 9.59 Å². The highest BCUT2D eigenvalue weighted by Crippen LogP contribution is 2.05. The zero-order chi connectivity index (χ0) is 14.1. The van der Waals surface area contributed by atoms with E-state index in [1.165, 1.54) is 5.56 Å². The van der Waals surface area contributed by atoms with E-state index in [1.807, 2.05) is 62.4 Å². The van der Waals surface area contributed by atoms with Crippen molar-refractivity contribution in [1.29, 1.82) is 0 Å². The van der Waals surface area contributed by atoms with Crippen LogP contribution in [0.4, 0.5) is 0 Å². The molecule has 0 spiro atoms. The second-order valence-corrected chi connectivity index (χ2v) is 4.20. The minimum absolute atomic E-state index is 0.737. The van der Waals surface area contributed by atoms with E-state index in [4.69, 9.17) is 0 Å². The highest BCUT2D eigenvalue weighted by atomic mass is 16.1. The summed E-state index contributed by atoms with van der Waals surface area (Å²) in [4.78, 5) is 20.5. The average molecular weight is 254 g/mol. The van der Waals surface area contributed by atoms with Gasteiger partial charge in [-0.2, -0.15) is 0 Å². The van der Waals surface area contributed by atoms with Gasteiger partial charge < -0.3 is 0 Å². The number of hydrogen-bond donors (Lipinski definition) is 0. The first kappa shape index (κ1) is 14.8. The van der Waals surface area contributed by atoms with Gasteiger partial charge in [-0.15, -0.1) is 0 Å². The molecule has 0 unspecified atom stereocenters. The van der Waals surface area contributed by atoms with Gasteiger partial charge >= 0.3 is 0 Å². The fourth-order valence-electron chi connectivity index (χ4n) is 1.62. The number of carbonyl (C=O) groups excluding carboxylic acids is 2. The fraction of sp³-hybridized carbons (Fsp3) is 0.176. The first-order valence-electron chi connectivity index (χ1n) is 6.26. The number of carbonyl (C=O) groups is 2. The molecule has 0 aromatic heterocycles. The highest BCUT2D eigenvalue weighted by molar-refractivity contribution is 5.77. The lowest BCUT2D eigenvalue weighted by Crippen LogP contribution is -1.88. The summed E-state index contributed by atoms with van der Waals surface area (Å²) in [5.74, 6) is 0. The second kappa shape index (κ2) is 7.98. The van der Waals surface area contributed by atoms with Gasteiger partial charge in [-0.05, 0) is 18.9 Å². The second-order valence-electron chi connectivity index (χ2n) is 4.20. The number of rotatable bonds is 3. The van der Waals surface area contributed by atoms with Crippen LogP contribution in [0, 0.1) is 6.92 Å². The van der Waals surface area contributed by atoms with E-state index in [0.29, 0.717) is 0 Å². The molecule has 2 heteroatoms. The fourth-order valence-corrected chi connectivity index (χ4v) is 1.62. The van der Waals surface area contributed by atoms with Crippen molar-refractivity contribution >= 4 is 12.6 Å². The third-order valence-electron chi connectivity index (χ3n) is 2.78. The van der Waals surface area contributed by atoms with Gasteiger partial charge in [0.1, 0.15) is 12.6 Å². The van der Waals surface area contributed by atoms with Crippen molar-refractivity contribution in [3.8, 4) is 0 Å². The van der Waals surface area contributed by atoms with E-state index < -0.39 is 0 Å². The Labute approximate surface area is 114 Å². The van der Waals surface area contributed by atoms with E-state index >= 15 is 0 Å². The summed E-state index contributed by atoms with van der Waals surface area (Å²) in [7, 11) is 0. The lowest BCUT2D eigenvalue weighted by atomic mass is 10.1. The number of aldehydes is 2. The Morgan fingerprint density at radius 1 is 0.895 bits per heavy atom. The van der Waals surface area contributed by atoms with Gasteiger partial charge in [0.25, 0.3) is 0 Å². The van der Waals surface area contributed by atoms with E-state index in [0.717, 1.165) is 35.7 Å². The van der Waals surface area contributed by atoms with E-state index in [2.05, 4.69) is 0 Å². The van der Waals surface area contributed by atoms with Crippen molar-refractivity contribution in [2.24, 2.45) is 0 Å². The summed E-state index contributed by atoms with van der Waals surface area (Å²) in [5, 5.41) is 0. The molecule has 0 aliphatic rings. The summed E-state index contributed by atoms with van der Waals surface area (Å²) >= 11 is 0. The highest BCUT2D eigenvalue weighted by Gasteiger charge is 1.94. The molecular formula is C17H18O2. The van der Waals surface area contributed by atoms with Crippen LogP contribution in [0.15, 0.2) is 48.5 Å². The zero-order valence-electron chi connectivity index (χ0n) is 11.3. The van der Waals surface area contributed by atoms with Crippen molar-refractivity contribution in [3.05, 3.63) is 70.8 Å². The maximum atomic E-state index is 10.4.